The largest absolute Gasteiger partial charge is 0.450 e. The van der Waals surface area contributed by atoms with Gasteiger partial charge in [-0.25, -0.2) is 0 Å². The lowest BCUT2D eigenvalue weighted by molar-refractivity contribution is 0.0748. The van der Waals surface area contributed by atoms with Gasteiger partial charge in [-0.3, -0.25) is 9.59 Å². The number of para-hydroxylation sites is 1. The molecule has 1 aromatic heterocycles. The number of rotatable bonds is 3. The molecule has 2 aromatic carbocycles. The van der Waals surface area contributed by atoms with Gasteiger partial charge in [-0.15, -0.1) is 6.58 Å². The number of hydrogen-bond acceptors (Lipinski definition) is 3. The van der Waals surface area contributed by atoms with Crippen molar-refractivity contribution in [2.45, 2.75) is 13.0 Å². The number of hydrogen-bond donors (Lipinski definition) is 0. The van der Waals surface area contributed by atoms with Gasteiger partial charge in [0.1, 0.15) is 5.58 Å². The first-order valence-corrected chi connectivity index (χ1v) is 8.16. The third-order valence-corrected chi connectivity index (χ3v) is 4.59. The Balaban J connectivity index is 2.02. The minimum absolute atomic E-state index is 0.135. The summed E-state index contributed by atoms with van der Waals surface area (Å²) in [5.41, 5.74) is 2.70. The maximum absolute atomic E-state index is 13.1. The third kappa shape index (κ3) is 2.30. The molecule has 3 aromatic rings. The van der Waals surface area contributed by atoms with Crippen LogP contribution in [0.1, 0.15) is 33.3 Å². The Kier molecular flexibility index (Phi) is 3.53. The fourth-order valence-corrected chi connectivity index (χ4v) is 3.39. The molecule has 2 heterocycles. The normalized spacial score (nSPS) is 16.3. The van der Waals surface area contributed by atoms with Gasteiger partial charge in [0, 0.05) is 6.54 Å². The Hall–Kier alpha value is -3.14. The van der Waals surface area contributed by atoms with Crippen molar-refractivity contribution in [1.82, 2.24) is 4.90 Å². The summed E-state index contributed by atoms with van der Waals surface area (Å²) in [5.74, 6) is -0.139. The molecule has 0 aliphatic carbocycles. The summed E-state index contributed by atoms with van der Waals surface area (Å²) in [5, 5.41) is 0.492. The van der Waals surface area contributed by atoms with Gasteiger partial charge in [0.05, 0.1) is 17.0 Å². The molecular formula is C21H17NO3. The highest BCUT2D eigenvalue weighted by molar-refractivity contribution is 5.99. The maximum atomic E-state index is 13.1. The molecule has 0 saturated carbocycles. The molecule has 1 aliphatic heterocycles. The van der Waals surface area contributed by atoms with Crippen molar-refractivity contribution in [2.75, 3.05) is 6.54 Å². The summed E-state index contributed by atoms with van der Waals surface area (Å²) in [7, 11) is 0. The number of amides is 1. The molecule has 4 rings (SSSR count). The number of benzene rings is 2. The maximum Gasteiger partial charge on any atom is 0.291 e. The second kappa shape index (κ2) is 5.74. The van der Waals surface area contributed by atoms with Crippen LogP contribution in [0.15, 0.2) is 70.4 Å². The van der Waals surface area contributed by atoms with E-state index in [1.165, 1.54) is 0 Å². The molecular weight excluding hydrogens is 314 g/mol. The van der Waals surface area contributed by atoms with E-state index >= 15 is 0 Å². The van der Waals surface area contributed by atoms with E-state index in [9.17, 15) is 9.59 Å². The Morgan fingerprint density at radius 3 is 2.56 bits per heavy atom. The van der Waals surface area contributed by atoms with Crippen molar-refractivity contribution >= 4 is 16.9 Å². The predicted molar refractivity (Wildman–Crippen MR) is 96.7 cm³/mol. The molecule has 1 unspecified atom stereocenters. The Bertz CT molecular complexity index is 1050. The van der Waals surface area contributed by atoms with Crippen LogP contribution in [-0.2, 0) is 0 Å². The number of nitrogens with zero attached hydrogens (tertiary/aromatic N) is 1. The van der Waals surface area contributed by atoms with E-state index in [2.05, 4.69) is 6.58 Å². The molecule has 0 spiro atoms. The van der Waals surface area contributed by atoms with E-state index in [4.69, 9.17) is 4.42 Å². The Labute approximate surface area is 145 Å². The lowest BCUT2D eigenvalue weighted by Gasteiger charge is -2.23. The molecule has 1 aliphatic rings. The van der Waals surface area contributed by atoms with Gasteiger partial charge in [-0.1, -0.05) is 48.0 Å². The summed E-state index contributed by atoms with van der Waals surface area (Å²) in [6.07, 6.45) is 1.66. The zero-order valence-corrected chi connectivity index (χ0v) is 13.9. The van der Waals surface area contributed by atoms with Crippen molar-refractivity contribution in [1.29, 1.82) is 0 Å². The van der Waals surface area contributed by atoms with E-state index in [0.717, 1.165) is 11.1 Å². The van der Waals surface area contributed by atoms with Gasteiger partial charge in [0.15, 0.2) is 5.43 Å². The van der Waals surface area contributed by atoms with Crippen molar-refractivity contribution in [2.24, 2.45) is 0 Å². The monoisotopic (exact) mass is 331 g/mol. The van der Waals surface area contributed by atoms with Crippen LogP contribution in [0, 0.1) is 6.92 Å². The summed E-state index contributed by atoms with van der Waals surface area (Å²) >= 11 is 0. The molecule has 1 atom stereocenters. The summed E-state index contributed by atoms with van der Waals surface area (Å²) < 4.78 is 5.82. The SMILES string of the molecule is C=CCN1C(=O)c2oc3ccccc3c(=O)c2C1c1ccc(C)cc1. The van der Waals surface area contributed by atoms with Crippen molar-refractivity contribution in [3.05, 3.63) is 93.9 Å². The van der Waals surface area contributed by atoms with Gasteiger partial charge < -0.3 is 9.32 Å². The fourth-order valence-electron chi connectivity index (χ4n) is 3.39. The first kappa shape index (κ1) is 15.4. The number of fused-ring (bicyclic) bond motifs is 2. The van der Waals surface area contributed by atoms with Gasteiger partial charge in [0.25, 0.3) is 5.91 Å². The lowest BCUT2D eigenvalue weighted by Crippen LogP contribution is -2.29. The molecule has 0 saturated heterocycles. The third-order valence-electron chi connectivity index (χ3n) is 4.59. The van der Waals surface area contributed by atoms with Crippen LogP contribution in [0.2, 0.25) is 0 Å². The van der Waals surface area contributed by atoms with Crippen LogP contribution in [0.4, 0.5) is 0 Å². The molecule has 4 nitrogen and oxygen atoms in total. The van der Waals surface area contributed by atoms with Crippen LogP contribution in [-0.4, -0.2) is 17.4 Å². The molecule has 0 N–H and O–H groups in total. The van der Waals surface area contributed by atoms with E-state index in [-0.39, 0.29) is 17.1 Å². The van der Waals surface area contributed by atoms with E-state index < -0.39 is 6.04 Å². The summed E-state index contributed by atoms with van der Waals surface area (Å²) in [6, 6.07) is 14.4. The van der Waals surface area contributed by atoms with Crippen LogP contribution in [0.5, 0.6) is 0 Å². The van der Waals surface area contributed by atoms with Gasteiger partial charge in [0.2, 0.25) is 5.76 Å². The topological polar surface area (TPSA) is 50.5 Å². The first-order valence-electron chi connectivity index (χ1n) is 8.16. The first-order chi connectivity index (χ1) is 12.1. The smallest absolute Gasteiger partial charge is 0.291 e. The molecule has 0 radical (unpaired) electrons. The number of carbonyl (C=O) groups is 1. The summed E-state index contributed by atoms with van der Waals surface area (Å²) in [6.45, 7) is 6.08. The van der Waals surface area contributed by atoms with Crippen LogP contribution in [0.3, 0.4) is 0 Å². The van der Waals surface area contributed by atoms with Crippen LogP contribution in [0.25, 0.3) is 11.0 Å². The second-order valence-electron chi connectivity index (χ2n) is 6.23. The zero-order chi connectivity index (χ0) is 17.6. The average Bonchev–Trinajstić information content (AvgIpc) is 2.89. The van der Waals surface area contributed by atoms with Crippen LogP contribution >= 0.6 is 0 Å². The highest BCUT2D eigenvalue weighted by Crippen LogP contribution is 2.37. The standard InChI is InChI=1S/C21H17NO3/c1-3-12-22-18(14-10-8-13(2)9-11-14)17-19(23)15-6-4-5-7-16(15)25-20(17)21(22)24/h3-11,18H,1,12H2,2H3. The quantitative estimate of drug-likeness (QED) is 0.685. The number of carbonyl (C=O) groups excluding carboxylic acids is 1. The zero-order valence-electron chi connectivity index (χ0n) is 13.9. The molecule has 0 fully saturated rings. The molecule has 1 amide bonds. The highest BCUT2D eigenvalue weighted by Gasteiger charge is 2.42. The van der Waals surface area contributed by atoms with E-state index in [0.29, 0.717) is 23.1 Å². The molecule has 25 heavy (non-hydrogen) atoms. The van der Waals surface area contributed by atoms with Crippen molar-refractivity contribution < 1.29 is 9.21 Å². The molecule has 4 heteroatoms. The number of aryl methyl sites for hydroxylation is 1. The van der Waals surface area contributed by atoms with Gasteiger partial charge >= 0.3 is 0 Å². The second-order valence-corrected chi connectivity index (χ2v) is 6.23. The molecule has 0 bridgehead atoms. The highest BCUT2D eigenvalue weighted by atomic mass is 16.3. The van der Waals surface area contributed by atoms with Crippen LogP contribution < -0.4 is 5.43 Å². The van der Waals surface area contributed by atoms with Crippen molar-refractivity contribution in [3.63, 3.8) is 0 Å². The predicted octanol–water partition coefficient (Wildman–Crippen LogP) is 3.83. The van der Waals surface area contributed by atoms with E-state index in [1.54, 1.807) is 35.2 Å². The minimum Gasteiger partial charge on any atom is -0.450 e. The Morgan fingerprint density at radius 1 is 1.12 bits per heavy atom. The average molecular weight is 331 g/mol. The van der Waals surface area contributed by atoms with Gasteiger partial charge in [-0.2, -0.15) is 0 Å². The summed E-state index contributed by atoms with van der Waals surface area (Å²) in [4.78, 5) is 27.6. The van der Waals surface area contributed by atoms with Crippen molar-refractivity contribution in [3.8, 4) is 0 Å². The lowest BCUT2D eigenvalue weighted by atomic mass is 9.98. The minimum atomic E-state index is -0.457. The Morgan fingerprint density at radius 2 is 1.84 bits per heavy atom. The fraction of sp³-hybridized carbons (Fsp3) is 0.143. The van der Waals surface area contributed by atoms with E-state index in [1.807, 2.05) is 31.2 Å². The van der Waals surface area contributed by atoms with Gasteiger partial charge in [-0.05, 0) is 24.6 Å². The molecule has 124 valence electrons.